The zero-order valence-corrected chi connectivity index (χ0v) is 12.6. The molecule has 0 aliphatic carbocycles. The highest BCUT2D eigenvalue weighted by Gasteiger charge is 2.20. The highest BCUT2D eigenvalue weighted by molar-refractivity contribution is 6.10. The zero-order valence-electron chi connectivity index (χ0n) is 12.6. The lowest BCUT2D eigenvalue weighted by molar-refractivity contribution is -0.115. The van der Waals surface area contributed by atoms with Crippen molar-refractivity contribution >= 4 is 28.5 Å². The molecule has 116 valence electrons. The van der Waals surface area contributed by atoms with E-state index in [1.54, 1.807) is 6.07 Å². The van der Waals surface area contributed by atoms with Crippen molar-refractivity contribution in [2.24, 2.45) is 5.73 Å². The van der Waals surface area contributed by atoms with Gasteiger partial charge in [0.05, 0.1) is 6.42 Å². The summed E-state index contributed by atoms with van der Waals surface area (Å²) >= 11 is 0. The number of hydrogen-bond donors (Lipinski definition) is 2. The Morgan fingerprint density at radius 1 is 1.13 bits per heavy atom. The molecule has 1 heterocycles. The van der Waals surface area contributed by atoms with Crippen LogP contribution < -0.4 is 11.1 Å². The smallest absolute Gasteiger partial charge is 0.286 e. The molecule has 0 saturated carbocycles. The molecule has 1 aromatic heterocycles. The molecule has 0 unspecified atom stereocenters. The Bertz CT molecular complexity index is 882. The van der Waals surface area contributed by atoms with Crippen LogP contribution in [0.1, 0.15) is 21.7 Å². The lowest BCUT2D eigenvalue weighted by atomic mass is 10.1. The Morgan fingerprint density at radius 3 is 2.57 bits per heavy atom. The third-order valence-corrected chi connectivity index (χ3v) is 3.54. The predicted molar refractivity (Wildman–Crippen MR) is 88.2 cm³/mol. The van der Waals surface area contributed by atoms with Crippen LogP contribution in [0.15, 0.2) is 52.9 Å². The number of carbonyl (C=O) groups excluding carboxylic acids is 2. The topological polar surface area (TPSA) is 85.3 Å². The first kappa shape index (κ1) is 14.8. The maximum absolute atomic E-state index is 12.3. The summed E-state index contributed by atoms with van der Waals surface area (Å²) in [6, 6.07) is 14.8. The van der Waals surface area contributed by atoms with E-state index in [2.05, 4.69) is 5.32 Å². The first-order valence-electron chi connectivity index (χ1n) is 7.21. The third-order valence-electron chi connectivity index (χ3n) is 3.54. The van der Waals surface area contributed by atoms with Crippen LogP contribution in [0.5, 0.6) is 0 Å². The fourth-order valence-electron chi connectivity index (χ4n) is 2.47. The summed E-state index contributed by atoms with van der Waals surface area (Å²) in [4.78, 5) is 23.9. The zero-order chi connectivity index (χ0) is 16.4. The molecule has 2 aromatic carbocycles. The monoisotopic (exact) mass is 308 g/mol. The van der Waals surface area contributed by atoms with Gasteiger partial charge in [0.15, 0.2) is 0 Å². The van der Waals surface area contributed by atoms with E-state index >= 15 is 0 Å². The normalized spacial score (nSPS) is 10.7. The van der Waals surface area contributed by atoms with E-state index in [0.717, 1.165) is 11.1 Å². The van der Waals surface area contributed by atoms with E-state index in [4.69, 9.17) is 10.2 Å². The van der Waals surface area contributed by atoms with Crippen molar-refractivity contribution in [2.45, 2.75) is 13.3 Å². The number of furan rings is 1. The number of benzene rings is 2. The molecule has 0 saturated heterocycles. The first-order chi connectivity index (χ1) is 11.0. The van der Waals surface area contributed by atoms with Gasteiger partial charge in [-0.15, -0.1) is 0 Å². The van der Waals surface area contributed by atoms with Gasteiger partial charge in [0.2, 0.25) is 11.7 Å². The van der Waals surface area contributed by atoms with Crippen LogP contribution in [-0.4, -0.2) is 11.8 Å². The molecule has 0 atom stereocenters. The second kappa shape index (κ2) is 5.96. The molecule has 2 amide bonds. The van der Waals surface area contributed by atoms with E-state index in [0.29, 0.717) is 16.7 Å². The van der Waals surface area contributed by atoms with Gasteiger partial charge in [0, 0.05) is 5.39 Å². The van der Waals surface area contributed by atoms with Crippen molar-refractivity contribution < 1.29 is 14.0 Å². The van der Waals surface area contributed by atoms with Crippen LogP contribution >= 0.6 is 0 Å². The molecule has 3 rings (SSSR count). The van der Waals surface area contributed by atoms with Gasteiger partial charge in [-0.3, -0.25) is 9.59 Å². The largest absolute Gasteiger partial charge is 0.449 e. The molecule has 3 N–H and O–H groups in total. The molecule has 0 radical (unpaired) electrons. The van der Waals surface area contributed by atoms with E-state index in [9.17, 15) is 9.59 Å². The van der Waals surface area contributed by atoms with Gasteiger partial charge >= 0.3 is 0 Å². The quantitative estimate of drug-likeness (QED) is 0.777. The molecule has 5 nitrogen and oxygen atoms in total. The predicted octanol–water partition coefficient (Wildman–Crippen LogP) is 3.02. The summed E-state index contributed by atoms with van der Waals surface area (Å²) in [5.41, 5.74) is 8.08. The van der Waals surface area contributed by atoms with Crippen LogP contribution in [0.2, 0.25) is 0 Å². The SMILES string of the molecule is Cc1ccc2oc(C(N)=O)c(NC(=O)Cc3ccccc3)c2c1. The average Bonchev–Trinajstić information content (AvgIpc) is 2.86. The lowest BCUT2D eigenvalue weighted by Gasteiger charge is -2.05. The van der Waals surface area contributed by atoms with Crippen LogP contribution in [0.3, 0.4) is 0 Å². The standard InChI is InChI=1S/C18H16N2O3/c1-11-7-8-14-13(9-11)16(17(23-14)18(19)22)20-15(21)10-12-5-3-2-4-6-12/h2-9H,10H2,1H3,(H2,19,22)(H,20,21). The third kappa shape index (κ3) is 3.08. The molecule has 0 bridgehead atoms. The fourth-order valence-corrected chi connectivity index (χ4v) is 2.47. The Kier molecular flexibility index (Phi) is 3.85. The van der Waals surface area contributed by atoms with Crippen LogP contribution in [0.4, 0.5) is 5.69 Å². The second-order valence-electron chi connectivity index (χ2n) is 5.38. The summed E-state index contributed by atoms with van der Waals surface area (Å²) in [6.07, 6.45) is 0.206. The summed E-state index contributed by atoms with van der Waals surface area (Å²) in [5, 5.41) is 3.42. The Labute approximate surface area is 133 Å². The van der Waals surface area contributed by atoms with Crippen molar-refractivity contribution in [2.75, 3.05) is 5.32 Å². The molecule has 0 aliphatic rings. The molecule has 3 aromatic rings. The van der Waals surface area contributed by atoms with Gasteiger partial charge in [0.1, 0.15) is 11.3 Å². The van der Waals surface area contributed by atoms with Gasteiger partial charge in [-0.2, -0.15) is 0 Å². The number of rotatable bonds is 4. The maximum Gasteiger partial charge on any atom is 0.286 e. The minimum Gasteiger partial charge on any atom is -0.449 e. The average molecular weight is 308 g/mol. The van der Waals surface area contributed by atoms with Gasteiger partial charge < -0.3 is 15.5 Å². The number of anilines is 1. The van der Waals surface area contributed by atoms with Gasteiger partial charge in [-0.25, -0.2) is 0 Å². The van der Waals surface area contributed by atoms with Crippen molar-refractivity contribution in [1.29, 1.82) is 0 Å². The van der Waals surface area contributed by atoms with E-state index in [1.807, 2.05) is 49.4 Å². The fraction of sp³-hybridized carbons (Fsp3) is 0.111. The van der Waals surface area contributed by atoms with Crippen molar-refractivity contribution in [1.82, 2.24) is 0 Å². The second-order valence-corrected chi connectivity index (χ2v) is 5.38. The van der Waals surface area contributed by atoms with E-state index in [1.165, 1.54) is 0 Å². The number of primary amides is 1. The molecule has 0 spiro atoms. The molecule has 0 fully saturated rings. The Hall–Kier alpha value is -3.08. The number of nitrogens with one attached hydrogen (secondary N) is 1. The summed E-state index contributed by atoms with van der Waals surface area (Å²) < 4.78 is 5.48. The number of amides is 2. The Balaban J connectivity index is 1.94. The summed E-state index contributed by atoms with van der Waals surface area (Å²) in [6.45, 7) is 1.92. The van der Waals surface area contributed by atoms with Crippen LogP contribution in [0, 0.1) is 6.92 Å². The first-order valence-corrected chi connectivity index (χ1v) is 7.21. The van der Waals surface area contributed by atoms with Crippen LogP contribution in [-0.2, 0) is 11.2 Å². The van der Waals surface area contributed by atoms with Crippen molar-refractivity contribution in [3.63, 3.8) is 0 Å². The van der Waals surface area contributed by atoms with Gasteiger partial charge in [-0.05, 0) is 24.6 Å². The molecule has 0 aliphatic heterocycles. The molecular weight excluding hydrogens is 292 g/mol. The van der Waals surface area contributed by atoms with Gasteiger partial charge in [0.25, 0.3) is 5.91 Å². The number of aryl methyl sites for hydroxylation is 1. The lowest BCUT2D eigenvalue weighted by Crippen LogP contribution is -2.18. The molecule has 23 heavy (non-hydrogen) atoms. The Morgan fingerprint density at radius 2 is 1.87 bits per heavy atom. The van der Waals surface area contributed by atoms with E-state index < -0.39 is 5.91 Å². The number of carbonyl (C=O) groups is 2. The highest BCUT2D eigenvalue weighted by atomic mass is 16.3. The molecule has 5 heteroatoms. The number of nitrogens with two attached hydrogens (primary N) is 1. The van der Waals surface area contributed by atoms with Crippen molar-refractivity contribution in [3.05, 3.63) is 65.4 Å². The summed E-state index contributed by atoms with van der Waals surface area (Å²) in [7, 11) is 0. The molecular formula is C18H16N2O3. The van der Waals surface area contributed by atoms with E-state index in [-0.39, 0.29) is 18.1 Å². The maximum atomic E-state index is 12.3. The van der Waals surface area contributed by atoms with Gasteiger partial charge in [-0.1, -0.05) is 42.0 Å². The van der Waals surface area contributed by atoms with Crippen molar-refractivity contribution in [3.8, 4) is 0 Å². The summed E-state index contributed by atoms with van der Waals surface area (Å²) in [5.74, 6) is -0.983. The minimum atomic E-state index is -0.714. The van der Waals surface area contributed by atoms with Crippen LogP contribution in [0.25, 0.3) is 11.0 Å². The number of hydrogen-bond acceptors (Lipinski definition) is 3. The highest BCUT2D eigenvalue weighted by Crippen LogP contribution is 2.31. The number of fused-ring (bicyclic) bond motifs is 1. The minimum absolute atomic E-state index is 0.0352.